The van der Waals surface area contributed by atoms with Crippen LogP contribution in [0.5, 0.6) is 0 Å². The van der Waals surface area contributed by atoms with E-state index in [1.54, 1.807) is 37.3 Å². The molecule has 1 amide bonds. The van der Waals surface area contributed by atoms with Crippen LogP contribution in [-0.4, -0.2) is 10.9 Å². The lowest BCUT2D eigenvalue weighted by atomic mass is 10.1. The Morgan fingerprint density at radius 3 is 2.70 bits per heavy atom. The van der Waals surface area contributed by atoms with E-state index in [2.05, 4.69) is 26.2 Å². The number of carbonyl (C=O) groups excluding carboxylic acids is 1. The number of carbonyl (C=O) groups is 1. The highest BCUT2D eigenvalue weighted by molar-refractivity contribution is 9.10. The molecule has 4 nitrogen and oxygen atoms in total. The van der Waals surface area contributed by atoms with Gasteiger partial charge >= 0.3 is 0 Å². The zero-order chi connectivity index (χ0) is 16.6. The molecule has 0 saturated carbocycles. The number of halogens is 2. The average Bonchev–Trinajstić information content (AvgIpc) is 2.50. The van der Waals surface area contributed by atoms with Crippen molar-refractivity contribution in [2.45, 2.75) is 6.92 Å². The zero-order valence-electron chi connectivity index (χ0n) is 12.1. The van der Waals surface area contributed by atoms with Crippen molar-refractivity contribution in [1.29, 1.82) is 0 Å². The highest BCUT2D eigenvalue weighted by Gasteiger charge is 2.13. The van der Waals surface area contributed by atoms with E-state index < -0.39 is 11.7 Å². The maximum atomic E-state index is 13.6. The molecule has 0 aliphatic carbocycles. The molecule has 1 heterocycles. The Balaban J connectivity index is 2.05. The molecule has 3 rings (SSSR count). The van der Waals surface area contributed by atoms with E-state index in [9.17, 15) is 14.0 Å². The van der Waals surface area contributed by atoms with Gasteiger partial charge < -0.3 is 10.3 Å². The first-order valence-electron chi connectivity index (χ1n) is 6.84. The Morgan fingerprint density at radius 2 is 1.96 bits per heavy atom. The van der Waals surface area contributed by atoms with Gasteiger partial charge in [-0.1, -0.05) is 22.0 Å². The molecule has 0 atom stereocenters. The van der Waals surface area contributed by atoms with Crippen molar-refractivity contribution in [3.8, 4) is 0 Å². The van der Waals surface area contributed by atoms with Crippen LogP contribution in [0.1, 0.15) is 15.9 Å². The van der Waals surface area contributed by atoms with Crippen molar-refractivity contribution in [3.63, 3.8) is 0 Å². The Hall–Kier alpha value is -2.47. The van der Waals surface area contributed by atoms with E-state index in [4.69, 9.17) is 0 Å². The summed E-state index contributed by atoms with van der Waals surface area (Å²) in [6, 6.07) is 10.9. The number of amides is 1. The Morgan fingerprint density at radius 1 is 1.17 bits per heavy atom. The number of hydrogen-bond acceptors (Lipinski definition) is 2. The lowest BCUT2D eigenvalue weighted by Gasteiger charge is -2.09. The van der Waals surface area contributed by atoms with Gasteiger partial charge in [-0.15, -0.1) is 0 Å². The van der Waals surface area contributed by atoms with Crippen molar-refractivity contribution < 1.29 is 9.18 Å². The molecule has 0 unspecified atom stereocenters. The Labute approximate surface area is 139 Å². The number of fused-ring (bicyclic) bond motifs is 1. The summed E-state index contributed by atoms with van der Waals surface area (Å²) in [5.74, 6) is -0.872. The third kappa shape index (κ3) is 3.17. The Kier molecular flexibility index (Phi) is 4.00. The smallest absolute Gasteiger partial charge is 0.256 e. The van der Waals surface area contributed by atoms with Gasteiger partial charge in [0.1, 0.15) is 5.82 Å². The van der Waals surface area contributed by atoms with Crippen LogP contribution >= 0.6 is 15.9 Å². The van der Waals surface area contributed by atoms with Gasteiger partial charge in [0.25, 0.3) is 5.91 Å². The fraction of sp³-hybridized carbons (Fsp3) is 0.0588. The maximum Gasteiger partial charge on any atom is 0.256 e. The summed E-state index contributed by atoms with van der Waals surface area (Å²) in [6.07, 6.45) is 0. The van der Waals surface area contributed by atoms with Crippen molar-refractivity contribution in [2.24, 2.45) is 0 Å². The summed E-state index contributed by atoms with van der Waals surface area (Å²) in [7, 11) is 0. The van der Waals surface area contributed by atoms with Gasteiger partial charge in [-0.2, -0.15) is 0 Å². The number of pyridine rings is 1. The minimum absolute atomic E-state index is 0.228. The first kappa shape index (κ1) is 15.4. The fourth-order valence-corrected chi connectivity index (χ4v) is 2.64. The second-order valence-electron chi connectivity index (χ2n) is 5.16. The molecule has 1 aromatic heterocycles. The summed E-state index contributed by atoms with van der Waals surface area (Å²) in [6.45, 7) is 1.64. The minimum Gasteiger partial charge on any atom is -0.322 e. The molecular formula is C17H12BrFN2O2. The summed E-state index contributed by atoms with van der Waals surface area (Å²) < 4.78 is 14.4. The molecule has 0 aliphatic rings. The van der Waals surface area contributed by atoms with Crippen molar-refractivity contribution in [2.75, 3.05) is 5.32 Å². The van der Waals surface area contributed by atoms with Gasteiger partial charge in [-0.25, -0.2) is 4.39 Å². The summed E-state index contributed by atoms with van der Waals surface area (Å²) in [5.41, 5.74) is 1.24. The van der Waals surface area contributed by atoms with Crippen LogP contribution in [-0.2, 0) is 0 Å². The van der Waals surface area contributed by atoms with E-state index in [1.165, 1.54) is 12.1 Å². The number of benzene rings is 2. The second kappa shape index (κ2) is 5.96. The van der Waals surface area contributed by atoms with E-state index >= 15 is 0 Å². The monoisotopic (exact) mass is 374 g/mol. The maximum absolute atomic E-state index is 13.6. The molecule has 6 heteroatoms. The van der Waals surface area contributed by atoms with Gasteiger partial charge in [0.05, 0.1) is 5.56 Å². The molecule has 23 heavy (non-hydrogen) atoms. The van der Waals surface area contributed by atoms with Crippen LogP contribution in [0.2, 0.25) is 0 Å². The fourth-order valence-electron chi connectivity index (χ4n) is 2.28. The van der Waals surface area contributed by atoms with Crippen molar-refractivity contribution in [1.82, 2.24) is 4.98 Å². The number of H-pyrrole nitrogens is 1. The standard InChI is InChI=1S/C17H12BrFN2O2/c1-9-2-4-11(7-14(9)19)20-17(23)13-8-16(22)21-15-5-3-10(18)6-12(13)15/h2-8H,1H3,(H,20,23)(H,21,22). The van der Waals surface area contributed by atoms with Crippen LogP contribution in [0.3, 0.4) is 0 Å². The number of hydrogen-bond donors (Lipinski definition) is 2. The SMILES string of the molecule is Cc1ccc(NC(=O)c2cc(=O)[nH]c3ccc(Br)cc23)cc1F. The summed E-state index contributed by atoms with van der Waals surface area (Å²) >= 11 is 3.35. The minimum atomic E-state index is -0.470. The topological polar surface area (TPSA) is 62.0 Å². The predicted molar refractivity (Wildman–Crippen MR) is 91.4 cm³/mol. The van der Waals surface area contributed by atoms with Crippen molar-refractivity contribution in [3.05, 3.63) is 74.2 Å². The molecule has 2 N–H and O–H groups in total. The molecular weight excluding hydrogens is 363 g/mol. The number of rotatable bonds is 2. The van der Waals surface area contributed by atoms with Gasteiger partial charge in [-0.05, 0) is 42.8 Å². The highest BCUT2D eigenvalue weighted by atomic mass is 79.9. The average molecular weight is 375 g/mol. The molecule has 0 aliphatic heterocycles. The molecule has 116 valence electrons. The number of aryl methyl sites for hydroxylation is 1. The Bertz CT molecular complexity index is 982. The van der Waals surface area contributed by atoms with Gasteiger partial charge in [0.2, 0.25) is 5.56 Å². The van der Waals surface area contributed by atoms with Gasteiger partial charge in [0, 0.05) is 27.1 Å². The predicted octanol–water partition coefficient (Wildman–Crippen LogP) is 3.99. The zero-order valence-corrected chi connectivity index (χ0v) is 13.7. The third-order valence-corrected chi connectivity index (χ3v) is 3.97. The lowest BCUT2D eigenvalue weighted by Crippen LogP contribution is -2.17. The largest absolute Gasteiger partial charge is 0.322 e. The number of anilines is 1. The molecule has 0 saturated heterocycles. The molecule has 2 aromatic carbocycles. The van der Waals surface area contributed by atoms with Crippen LogP contribution < -0.4 is 10.9 Å². The number of aromatic amines is 1. The first-order chi connectivity index (χ1) is 10.9. The summed E-state index contributed by atoms with van der Waals surface area (Å²) in [5, 5.41) is 3.22. The van der Waals surface area contributed by atoms with E-state index in [-0.39, 0.29) is 11.1 Å². The van der Waals surface area contributed by atoms with Crippen LogP contribution in [0, 0.1) is 12.7 Å². The molecule has 3 aromatic rings. The molecule has 0 spiro atoms. The van der Waals surface area contributed by atoms with Crippen LogP contribution in [0.4, 0.5) is 10.1 Å². The molecule has 0 fully saturated rings. The second-order valence-corrected chi connectivity index (χ2v) is 6.07. The van der Waals surface area contributed by atoms with Crippen LogP contribution in [0.25, 0.3) is 10.9 Å². The molecule has 0 radical (unpaired) electrons. The quantitative estimate of drug-likeness (QED) is 0.712. The lowest BCUT2D eigenvalue weighted by molar-refractivity contribution is 0.102. The van der Waals surface area contributed by atoms with Gasteiger partial charge in [0.15, 0.2) is 0 Å². The first-order valence-corrected chi connectivity index (χ1v) is 7.63. The van der Waals surface area contributed by atoms with E-state index in [1.807, 2.05) is 0 Å². The van der Waals surface area contributed by atoms with E-state index in [0.29, 0.717) is 22.2 Å². The number of nitrogens with one attached hydrogen (secondary N) is 2. The van der Waals surface area contributed by atoms with Crippen LogP contribution in [0.15, 0.2) is 51.7 Å². The highest BCUT2D eigenvalue weighted by Crippen LogP contribution is 2.22. The van der Waals surface area contributed by atoms with E-state index in [0.717, 1.165) is 4.47 Å². The summed E-state index contributed by atoms with van der Waals surface area (Å²) in [4.78, 5) is 26.9. The normalized spacial score (nSPS) is 10.7. The number of aromatic nitrogens is 1. The molecule has 0 bridgehead atoms. The van der Waals surface area contributed by atoms with Gasteiger partial charge in [-0.3, -0.25) is 9.59 Å². The third-order valence-electron chi connectivity index (χ3n) is 3.48. The van der Waals surface area contributed by atoms with Crippen molar-refractivity contribution >= 4 is 38.4 Å².